The van der Waals surface area contributed by atoms with Crippen molar-refractivity contribution in [2.75, 3.05) is 6.54 Å². The lowest BCUT2D eigenvalue weighted by molar-refractivity contribution is 0.103. The van der Waals surface area contributed by atoms with E-state index in [4.69, 9.17) is 11.6 Å². The summed E-state index contributed by atoms with van der Waals surface area (Å²) < 4.78 is 37.5. The summed E-state index contributed by atoms with van der Waals surface area (Å²) in [6.07, 6.45) is 3.90. The highest BCUT2D eigenvalue weighted by Gasteiger charge is 2.20. The first kappa shape index (κ1) is 19.5. The van der Waals surface area contributed by atoms with Crippen LogP contribution in [-0.2, 0) is 17.7 Å². The standard InChI is InChI=1S/C18H15ClFN3O3S/c19-17-11(2-1-7-23-27(25)26)3-5-13(20)16(17)18(24)12-4-6-14-15(10-12)22-9-8-21-14/h3-6,8-10,23H,1-2,7H2,(H,25,26)/p-1. The number of nitrogens with one attached hydrogen (secondary N) is 1. The largest absolute Gasteiger partial charge is 0.760 e. The number of fused-ring (bicyclic) bond motifs is 1. The number of aromatic nitrogens is 2. The van der Waals surface area contributed by atoms with Gasteiger partial charge in [-0.3, -0.25) is 19.0 Å². The van der Waals surface area contributed by atoms with Crippen LogP contribution in [0.1, 0.15) is 27.9 Å². The number of hydrogen-bond donors (Lipinski definition) is 1. The number of hydrogen-bond acceptors (Lipinski definition) is 5. The van der Waals surface area contributed by atoms with Crippen molar-refractivity contribution in [2.45, 2.75) is 12.8 Å². The third kappa shape index (κ3) is 4.54. The number of rotatable bonds is 7. The maximum absolute atomic E-state index is 14.3. The number of halogens is 2. The van der Waals surface area contributed by atoms with E-state index >= 15 is 0 Å². The lowest BCUT2D eigenvalue weighted by Gasteiger charge is -2.11. The molecule has 0 bridgehead atoms. The Morgan fingerprint density at radius 1 is 1.19 bits per heavy atom. The minimum absolute atomic E-state index is 0.0301. The van der Waals surface area contributed by atoms with Crippen LogP contribution in [0.3, 0.4) is 0 Å². The van der Waals surface area contributed by atoms with E-state index in [2.05, 4.69) is 14.7 Å². The van der Waals surface area contributed by atoms with Crippen molar-refractivity contribution in [1.29, 1.82) is 0 Å². The highest BCUT2D eigenvalue weighted by atomic mass is 35.5. The fraction of sp³-hybridized carbons (Fsp3) is 0.167. The monoisotopic (exact) mass is 406 g/mol. The third-order valence-electron chi connectivity index (χ3n) is 3.97. The molecule has 0 spiro atoms. The zero-order valence-corrected chi connectivity index (χ0v) is 15.5. The number of benzene rings is 2. The van der Waals surface area contributed by atoms with Crippen molar-refractivity contribution in [2.24, 2.45) is 0 Å². The fourth-order valence-electron chi connectivity index (χ4n) is 2.68. The predicted octanol–water partition coefficient (Wildman–Crippen LogP) is 2.97. The molecule has 27 heavy (non-hydrogen) atoms. The first-order valence-corrected chi connectivity index (χ1v) is 9.48. The second kappa shape index (κ2) is 8.62. The topological polar surface area (TPSA) is 95.0 Å². The van der Waals surface area contributed by atoms with Crippen molar-refractivity contribution in [1.82, 2.24) is 14.7 Å². The van der Waals surface area contributed by atoms with Crippen molar-refractivity contribution in [3.8, 4) is 0 Å². The molecule has 2 aromatic carbocycles. The smallest absolute Gasteiger partial charge is 0.197 e. The van der Waals surface area contributed by atoms with Crippen molar-refractivity contribution in [3.05, 3.63) is 70.3 Å². The SMILES string of the molecule is O=C(c1ccc2nccnc2c1)c1c(F)ccc(CCCNS(=O)[O-])c1Cl. The van der Waals surface area contributed by atoms with Gasteiger partial charge in [0.15, 0.2) is 5.78 Å². The quantitative estimate of drug-likeness (QED) is 0.370. The molecule has 0 amide bonds. The van der Waals surface area contributed by atoms with Gasteiger partial charge in [-0.15, -0.1) is 0 Å². The first-order chi connectivity index (χ1) is 13.0. The van der Waals surface area contributed by atoms with E-state index < -0.39 is 22.9 Å². The zero-order chi connectivity index (χ0) is 19.4. The number of ketones is 1. The summed E-state index contributed by atoms with van der Waals surface area (Å²) in [7, 11) is 0. The average Bonchev–Trinajstić information content (AvgIpc) is 2.66. The number of carbonyl (C=O) groups is 1. The number of nitrogens with zero attached hydrogens (tertiary/aromatic N) is 2. The molecule has 0 aliphatic carbocycles. The van der Waals surface area contributed by atoms with Crippen LogP contribution in [0.5, 0.6) is 0 Å². The maximum Gasteiger partial charge on any atom is 0.197 e. The van der Waals surface area contributed by atoms with E-state index in [0.29, 0.717) is 29.4 Å². The number of carbonyl (C=O) groups excluding carboxylic acids is 1. The average molecular weight is 407 g/mol. The van der Waals surface area contributed by atoms with Crippen LogP contribution in [0.15, 0.2) is 42.7 Å². The molecule has 140 valence electrons. The predicted molar refractivity (Wildman–Crippen MR) is 99.6 cm³/mol. The van der Waals surface area contributed by atoms with Gasteiger partial charge in [-0.25, -0.2) is 9.11 Å². The van der Waals surface area contributed by atoms with Crippen LogP contribution >= 0.6 is 11.6 Å². The molecule has 0 fully saturated rings. The molecule has 1 heterocycles. The lowest BCUT2D eigenvalue weighted by atomic mass is 9.98. The molecule has 0 aliphatic rings. The van der Waals surface area contributed by atoms with Gasteiger partial charge in [-0.2, -0.15) is 0 Å². The van der Waals surface area contributed by atoms with Gasteiger partial charge in [0.1, 0.15) is 5.82 Å². The molecule has 0 saturated heterocycles. The van der Waals surface area contributed by atoms with Gasteiger partial charge >= 0.3 is 0 Å². The Kier molecular flexibility index (Phi) is 6.22. The molecule has 0 aliphatic heterocycles. The Balaban J connectivity index is 1.88. The molecule has 1 atom stereocenters. The summed E-state index contributed by atoms with van der Waals surface area (Å²) in [5.74, 6) is -1.27. The Hall–Kier alpha value is -2.26. The van der Waals surface area contributed by atoms with Crippen LogP contribution in [0, 0.1) is 5.82 Å². The zero-order valence-electron chi connectivity index (χ0n) is 13.9. The Morgan fingerprint density at radius 3 is 2.67 bits per heavy atom. The van der Waals surface area contributed by atoms with Crippen molar-refractivity contribution in [3.63, 3.8) is 0 Å². The van der Waals surface area contributed by atoms with Gasteiger partial charge in [0.05, 0.1) is 21.6 Å². The Morgan fingerprint density at radius 2 is 1.93 bits per heavy atom. The van der Waals surface area contributed by atoms with Crippen LogP contribution in [0.25, 0.3) is 11.0 Å². The van der Waals surface area contributed by atoms with Crippen LogP contribution in [-0.4, -0.2) is 31.1 Å². The summed E-state index contributed by atoms with van der Waals surface area (Å²) in [4.78, 5) is 21.1. The molecular weight excluding hydrogens is 393 g/mol. The molecule has 9 heteroatoms. The van der Waals surface area contributed by atoms with E-state index in [1.807, 2.05) is 0 Å². The van der Waals surface area contributed by atoms with Gasteiger partial charge in [0.2, 0.25) is 0 Å². The number of aryl methyl sites for hydroxylation is 1. The van der Waals surface area contributed by atoms with Crippen molar-refractivity contribution < 1.29 is 17.9 Å². The van der Waals surface area contributed by atoms with Gasteiger partial charge < -0.3 is 4.55 Å². The maximum atomic E-state index is 14.3. The Labute approximate surface area is 162 Å². The van der Waals surface area contributed by atoms with Crippen LogP contribution < -0.4 is 4.72 Å². The summed E-state index contributed by atoms with van der Waals surface area (Å²) in [6, 6.07) is 7.42. The molecule has 3 aromatic rings. The molecule has 1 N–H and O–H groups in total. The summed E-state index contributed by atoms with van der Waals surface area (Å²) in [6.45, 7) is 0.219. The molecule has 3 rings (SSSR count). The van der Waals surface area contributed by atoms with Crippen LogP contribution in [0.4, 0.5) is 4.39 Å². The summed E-state index contributed by atoms with van der Waals surface area (Å²) in [5, 5.41) is 0.0301. The molecule has 1 unspecified atom stereocenters. The minimum Gasteiger partial charge on any atom is -0.760 e. The van der Waals surface area contributed by atoms with Gasteiger partial charge in [-0.05, 0) is 42.7 Å². The summed E-state index contributed by atoms with van der Waals surface area (Å²) >= 11 is 3.95. The highest BCUT2D eigenvalue weighted by Crippen LogP contribution is 2.28. The second-order valence-electron chi connectivity index (χ2n) is 5.72. The molecule has 6 nitrogen and oxygen atoms in total. The van der Waals surface area contributed by atoms with E-state index in [0.717, 1.165) is 0 Å². The van der Waals surface area contributed by atoms with Crippen LogP contribution in [0.2, 0.25) is 5.02 Å². The van der Waals surface area contributed by atoms with Gasteiger partial charge in [0.25, 0.3) is 0 Å². The first-order valence-electron chi connectivity index (χ1n) is 8.02. The van der Waals surface area contributed by atoms with E-state index in [9.17, 15) is 17.9 Å². The molecular formula is C18H14ClFN3O3S-. The highest BCUT2D eigenvalue weighted by molar-refractivity contribution is 7.77. The lowest BCUT2D eigenvalue weighted by Crippen LogP contribution is -2.18. The normalized spacial score (nSPS) is 12.3. The third-order valence-corrected chi connectivity index (χ3v) is 4.84. The van der Waals surface area contributed by atoms with E-state index in [-0.39, 0.29) is 22.7 Å². The summed E-state index contributed by atoms with van der Waals surface area (Å²) in [5.41, 5.74) is 1.76. The van der Waals surface area contributed by atoms with Gasteiger partial charge in [0, 0.05) is 35.8 Å². The fourth-order valence-corrected chi connectivity index (χ4v) is 3.32. The van der Waals surface area contributed by atoms with E-state index in [1.165, 1.54) is 18.3 Å². The molecule has 0 saturated carbocycles. The molecule has 0 radical (unpaired) electrons. The second-order valence-corrected chi connectivity index (χ2v) is 6.85. The molecule has 1 aromatic heterocycles. The van der Waals surface area contributed by atoms with E-state index in [1.54, 1.807) is 24.4 Å². The minimum atomic E-state index is -2.34. The van der Waals surface area contributed by atoms with Crippen molar-refractivity contribution >= 4 is 39.7 Å². The van der Waals surface area contributed by atoms with Gasteiger partial charge in [-0.1, -0.05) is 17.7 Å². The Bertz CT molecular complexity index is 1030.